The molecule has 0 saturated heterocycles. The minimum atomic E-state index is -0.388. The Bertz CT molecular complexity index is 627. The Kier molecular flexibility index (Phi) is 4.77. The highest BCUT2D eigenvalue weighted by Gasteiger charge is 2.07. The molecular weight excluding hydrogens is 271 g/mol. The number of hydrogen-bond donors (Lipinski definition) is 2. The number of anilines is 1. The second-order valence-electron chi connectivity index (χ2n) is 4.64. The number of benzene rings is 2. The normalized spacial score (nSPS) is 10.2. The van der Waals surface area contributed by atoms with Gasteiger partial charge in [0.1, 0.15) is 18.2 Å². The van der Waals surface area contributed by atoms with E-state index in [-0.39, 0.29) is 11.7 Å². The van der Waals surface area contributed by atoms with Gasteiger partial charge in [-0.2, -0.15) is 0 Å². The van der Waals surface area contributed by atoms with Gasteiger partial charge in [0, 0.05) is 11.3 Å². The molecule has 0 radical (unpaired) electrons. The van der Waals surface area contributed by atoms with Crippen molar-refractivity contribution in [1.82, 2.24) is 5.32 Å². The van der Waals surface area contributed by atoms with E-state index in [2.05, 4.69) is 5.32 Å². The molecule has 0 bridgehead atoms. The largest absolute Gasteiger partial charge is 0.492 e. The lowest BCUT2D eigenvalue weighted by molar-refractivity contribution is 0.0946. The monoisotopic (exact) mass is 288 g/mol. The van der Waals surface area contributed by atoms with Gasteiger partial charge in [0.15, 0.2) is 0 Å². The smallest absolute Gasteiger partial charge is 0.251 e. The van der Waals surface area contributed by atoms with Gasteiger partial charge in [-0.1, -0.05) is 6.07 Å². The molecule has 1 amide bonds. The van der Waals surface area contributed by atoms with Crippen LogP contribution < -0.4 is 15.8 Å². The Hall–Kier alpha value is -2.56. The molecule has 0 aliphatic heterocycles. The number of carbonyl (C=O) groups is 1. The fourth-order valence-electron chi connectivity index (χ4n) is 1.73. The number of ether oxygens (including phenoxy) is 1. The molecule has 2 rings (SSSR count). The predicted octanol–water partition coefficient (Wildman–Crippen LogP) is 2.53. The lowest BCUT2D eigenvalue weighted by atomic mass is 10.1. The highest BCUT2D eigenvalue weighted by molar-refractivity contribution is 5.94. The van der Waals surface area contributed by atoms with Gasteiger partial charge >= 0.3 is 0 Å². The van der Waals surface area contributed by atoms with Crippen molar-refractivity contribution >= 4 is 11.6 Å². The van der Waals surface area contributed by atoms with Crippen molar-refractivity contribution < 1.29 is 13.9 Å². The summed E-state index contributed by atoms with van der Waals surface area (Å²) in [5.74, 6) is -0.0320. The molecule has 0 spiro atoms. The van der Waals surface area contributed by atoms with E-state index in [1.807, 2.05) is 0 Å². The van der Waals surface area contributed by atoms with E-state index in [0.29, 0.717) is 35.7 Å². The van der Waals surface area contributed by atoms with Gasteiger partial charge in [0.05, 0.1) is 6.54 Å². The van der Waals surface area contributed by atoms with E-state index in [1.165, 1.54) is 6.07 Å². The summed E-state index contributed by atoms with van der Waals surface area (Å²) >= 11 is 0. The number of carbonyl (C=O) groups excluding carboxylic acids is 1. The Morgan fingerprint density at radius 2 is 1.95 bits per heavy atom. The maximum atomic E-state index is 13.4. The lowest BCUT2D eigenvalue weighted by Gasteiger charge is -2.08. The number of nitrogens with one attached hydrogen (secondary N) is 1. The van der Waals surface area contributed by atoms with Crippen molar-refractivity contribution in [3.8, 4) is 5.75 Å². The van der Waals surface area contributed by atoms with Crippen LogP contribution in [0, 0.1) is 12.7 Å². The topological polar surface area (TPSA) is 64.3 Å². The fraction of sp³-hybridized carbons (Fsp3) is 0.188. The molecule has 0 aliphatic rings. The van der Waals surface area contributed by atoms with Crippen LogP contribution in [0.15, 0.2) is 42.5 Å². The molecule has 0 saturated carbocycles. The van der Waals surface area contributed by atoms with Gasteiger partial charge in [-0.05, 0) is 48.9 Å². The summed E-state index contributed by atoms with van der Waals surface area (Å²) in [5, 5.41) is 2.67. The third-order valence-corrected chi connectivity index (χ3v) is 2.97. The van der Waals surface area contributed by atoms with Crippen molar-refractivity contribution in [3.05, 3.63) is 59.4 Å². The van der Waals surface area contributed by atoms with E-state index in [1.54, 1.807) is 43.3 Å². The Morgan fingerprint density at radius 3 is 2.62 bits per heavy atom. The number of halogens is 1. The molecule has 3 N–H and O–H groups in total. The van der Waals surface area contributed by atoms with Crippen LogP contribution in [0.5, 0.6) is 5.75 Å². The molecular formula is C16H17FN2O2. The molecule has 0 unspecified atom stereocenters. The molecule has 21 heavy (non-hydrogen) atoms. The molecule has 0 fully saturated rings. The summed E-state index contributed by atoms with van der Waals surface area (Å²) in [6.45, 7) is 2.31. The molecule has 2 aromatic carbocycles. The first-order valence-corrected chi connectivity index (χ1v) is 6.59. The average Bonchev–Trinajstić information content (AvgIpc) is 2.48. The summed E-state index contributed by atoms with van der Waals surface area (Å²) in [6.07, 6.45) is 0. The summed E-state index contributed by atoms with van der Waals surface area (Å²) in [5.41, 5.74) is 7.04. The van der Waals surface area contributed by atoms with Crippen molar-refractivity contribution in [1.29, 1.82) is 0 Å². The number of aryl methyl sites for hydroxylation is 1. The van der Waals surface area contributed by atoms with Crippen LogP contribution in [0.3, 0.4) is 0 Å². The van der Waals surface area contributed by atoms with E-state index in [0.717, 1.165) is 0 Å². The number of amides is 1. The van der Waals surface area contributed by atoms with Gasteiger partial charge in [-0.25, -0.2) is 4.39 Å². The standard InChI is InChI=1S/C16H17FN2O2/c1-11-2-3-12(10-15(11)17)16(20)19-8-9-21-14-6-4-13(18)5-7-14/h2-7,10H,8-9,18H2,1H3,(H,19,20). The van der Waals surface area contributed by atoms with E-state index < -0.39 is 0 Å². The van der Waals surface area contributed by atoms with Crippen LogP contribution in [0.25, 0.3) is 0 Å². The summed E-state index contributed by atoms with van der Waals surface area (Å²) in [7, 11) is 0. The van der Waals surface area contributed by atoms with Gasteiger partial charge in [-0.15, -0.1) is 0 Å². The van der Waals surface area contributed by atoms with Crippen LogP contribution in [0.1, 0.15) is 15.9 Å². The molecule has 0 heterocycles. The van der Waals surface area contributed by atoms with E-state index >= 15 is 0 Å². The van der Waals surface area contributed by atoms with Crippen molar-refractivity contribution in [3.63, 3.8) is 0 Å². The van der Waals surface area contributed by atoms with Crippen LogP contribution in [0.4, 0.5) is 10.1 Å². The van der Waals surface area contributed by atoms with Gasteiger partial charge < -0.3 is 15.8 Å². The first-order chi connectivity index (χ1) is 10.1. The van der Waals surface area contributed by atoms with Crippen LogP contribution in [-0.4, -0.2) is 19.1 Å². The molecule has 0 aromatic heterocycles. The molecule has 4 nitrogen and oxygen atoms in total. The predicted molar refractivity (Wildman–Crippen MR) is 79.8 cm³/mol. The Balaban J connectivity index is 1.79. The lowest BCUT2D eigenvalue weighted by Crippen LogP contribution is -2.28. The van der Waals surface area contributed by atoms with Crippen molar-refractivity contribution in [2.45, 2.75) is 6.92 Å². The van der Waals surface area contributed by atoms with Gasteiger partial charge in [0.25, 0.3) is 5.91 Å². The SMILES string of the molecule is Cc1ccc(C(=O)NCCOc2ccc(N)cc2)cc1F. The fourth-order valence-corrected chi connectivity index (χ4v) is 1.73. The highest BCUT2D eigenvalue weighted by Crippen LogP contribution is 2.12. The van der Waals surface area contributed by atoms with Gasteiger partial charge in [0.2, 0.25) is 0 Å². The van der Waals surface area contributed by atoms with Crippen molar-refractivity contribution in [2.75, 3.05) is 18.9 Å². The summed E-state index contributed by atoms with van der Waals surface area (Å²) < 4.78 is 18.8. The number of hydrogen-bond acceptors (Lipinski definition) is 3. The molecule has 110 valence electrons. The van der Waals surface area contributed by atoms with E-state index in [9.17, 15) is 9.18 Å². The molecule has 5 heteroatoms. The quantitative estimate of drug-likeness (QED) is 0.656. The highest BCUT2D eigenvalue weighted by atomic mass is 19.1. The number of nitrogen functional groups attached to an aromatic ring is 1. The summed E-state index contributed by atoms with van der Waals surface area (Å²) in [6, 6.07) is 11.4. The maximum Gasteiger partial charge on any atom is 0.251 e. The number of rotatable bonds is 5. The van der Waals surface area contributed by atoms with Crippen molar-refractivity contribution in [2.24, 2.45) is 0 Å². The average molecular weight is 288 g/mol. The minimum Gasteiger partial charge on any atom is -0.492 e. The first kappa shape index (κ1) is 14.8. The second-order valence-corrected chi connectivity index (χ2v) is 4.64. The van der Waals surface area contributed by atoms with Crippen LogP contribution >= 0.6 is 0 Å². The second kappa shape index (κ2) is 6.74. The third-order valence-electron chi connectivity index (χ3n) is 2.97. The Labute approximate surface area is 122 Å². The Morgan fingerprint density at radius 1 is 1.24 bits per heavy atom. The molecule has 0 atom stereocenters. The minimum absolute atomic E-state index is 0.297. The maximum absolute atomic E-state index is 13.4. The zero-order valence-electron chi connectivity index (χ0n) is 11.7. The first-order valence-electron chi connectivity index (χ1n) is 6.59. The van der Waals surface area contributed by atoms with Gasteiger partial charge in [-0.3, -0.25) is 4.79 Å². The zero-order chi connectivity index (χ0) is 15.2. The zero-order valence-corrected chi connectivity index (χ0v) is 11.7. The number of nitrogens with two attached hydrogens (primary N) is 1. The molecule has 0 aliphatic carbocycles. The summed E-state index contributed by atoms with van der Waals surface area (Å²) in [4.78, 5) is 11.8. The van der Waals surface area contributed by atoms with E-state index in [4.69, 9.17) is 10.5 Å². The molecule has 2 aromatic rings. The van der Waals surface area contributed by atoms with Crippen LogP contribution in [0.2, 0.25) is 0 Å². The van der Waals surface area contributed by atoms with Crippen LogP contribution in [-0.2, 0) is 0 Å². The third kappa shape index (κ3) is 4.21.